The fourth-order valence-electron chi connectivity index (χ4n) is 2.04. The fraction of sp³-hybridized carbons (Fsp3) is 0.438. The van der Waals surface area contributed by atoms with E-state index in [1.54, 1.807) is 24.1 Å². The Bertz CT molecular complexity index is 642. The van der Waals surface area contributed by atoms with Crippen LogP contribution in [-0.2, 0) is 11.2 Å². The van der Waals surface area contributed by atoms with Crippen molar-refractivity contribution >= 4 is 17.5 Å². The maximum absolute atomic E-state index is 12.0. The van der Waals surface area contributed by atoms with Gasteiger partial charge in [0, 0.05) is 43.1 Å². The first-order valence-corrected chi connectivity index (χ1v) is 7.93. The molecule has 1 aromatic carbocycles. The lowest BCUT2D eigenvalue weighted by molar-refractivity contribution is -0.131. The van der Waals surface area contributed by atoms with E-state index in [1.165, 1.54) is 0 Å². The Balaban J connectivity index is 1.85. The Morgan fingerprint density at radius 3 is 2.74 bits per heavy atom. The predicted molar refractivity (Wildman–Crippen MR) is 89.0 cm³/mol. The maximum Gasteiger partial charge on any atom is 0.226 e. The van der Waals surface area contributed by atoms with Crippen LogP contribution in [0.3, 0.4) is 0 Å². The minimum Gasteiger partial charge on any atom is -0.342 e. The third-order valence-corrected chi connectivity index (χ3v) is 4.00. The van der Waals surface area contributed by atoms with E-state index >= 15 is 0 Å². The lowest BCUT2D eigenvalue weighted by Crippen LogP contribution is -2.39. The zero-order valence-corrected chi connectivity index (χ0v) is 14.1. The largest absolute Gasteiger partial charge is 0.342 e. The molecule has 0 saturated carbocycles. The topological polar surface area (TPSA) is 85.2 Å². The molecule has 124 valence electrons. The van der Waals surface area contributed by atoms with Crippen molar-refractivity contribution in [3.63, 3.8) is 0 Å². The standard InChI is InChI=1S/C16H21ClN4O2/c1-11(10-18)21(2)15(22)5-3-4-14-19-16(20-23-14)12-6-8-13(17)9-7-12/h6-9,11H,3-5,10,18H2,1-2H3. The van der Waals surface area contributed by atoms with Crippen LogP contribution in [0.25, 0.3) is 11.4 Å². The molecule has 1 aromatic heterocycles. The van der Waals surface area contributed by atoms with Gasteiger partial charge in [0.25, 0.3) is 0 Å². The SMILES string of the molecule is CC(CN)N(C)C(=O)CCCc1nc(-c2ccc(Cl)cc2)no1. The summed E-state index contributed by atoms with van der Waals surface area (Å²) in [6.07, 6.45) is 1.65. The number of hydrogen-bond donors (Lipinski definition) is 1. The smallest absolute Gasteiger partial charge is 0.226 e. The molecule has 1 unspecified atom stereocenters. The minimum atomic E-state index is 0.0439. The Labute approximate surface area is 140 Å². The number of amides is 1. The average molecular weight is 337 g/mol. The van der Waals surface area contributed by atoms with E-state index in [2.05, 4.69) is 10.1 Å². The van der Waals surface area contributed by atoms with Gasteiger partial charge in [-0.15, -0.1) is 0 Å². The fourth-order valence-corrected chi connectivity index (χ4v) is 2.17. The summed E-state index contributed by atoms with van der Waals surface area (Å²) in [4.78, 5) is 18.0. The van der Waals surface area contributed by atoms with Crippen molar-refractivity contribution in [2.75, 3.05) is 13.6 Å². The van der Waals surface area contributed by atoms with Crippen molar-refractivity contribution in [2.45, 2.75) is 32.2 Å². The van der Waals surface area contributed by atoms with Crippen molar-refractivity contribution < 1.29 is 9.32 Å². The summed E-state index contributed by atoms with van der Waals surface area (Å²) in [6, 6.07) is 7.27. The van der Waals surface area contributed by atoms with Crippen LogP contribution < -0.4 is 5.73 Å². The first kappa shape index (κ1) is 17.4. The van der Waals surface area contributed by atoms with Crippen LogP contribution in [0.2, 0.25) is 5.02 Å². The van der Waals surface area contributed by atoms with Crippen molar-refractivity contribution in [2.24, 2.45) is 5.73 Å². The summed E-state index contributed by atoms with van der Waals surface area (Å²) in [7, 11) is 1.77. The van der Waals surface area contributed by atoms with Crippen LogP contribution in [0.15, 0.2) is 28.8 Å². The van der Waals surface area contributed by atoms with Gasteiger partial charge in [-0.2, -0.15) is 4.98 Å². The van der Waals surface area contributed by atoms with Crippen molar-refractivity contribution in [1.29, 1.82) is 0 Å². The molecule has 0 spiro atoms. The van der Waals surface area contributed by atoms with Gasteiger partial charge in [0.15, 0.2) is 0 Å². The van der Waals surface area contributed by atoms with Crippen molar-refractivity contribution in [3.05, 3.63) is 35.2 Å². The molecule has 2 N–H and O–H groups in total. The lowest BCUT2D eigenvalue weighted by Gasteiger charge is -2.23. The van der Waals surface area contributed by atoms with Crippen molar-refractivity contribution in [3.8, 4) is 11.4 Å². The summed E-state index contributed by atoms with van der Waals surface area (Å²) < 4.78 is 5.22. The molecule has 1 atom stereocenters. The lowest BCUT2D eigenvalue weighted by atomic mass is 10.2. The van der Waals surface area contributed by atoms with Gasteiger partial charge in [0.05, 0.1) is 0 Å². The van der Waals surface area contributed by atoms with Crippen LogP contribution in [0, 0.1) is 0 Å². The van der Waals surface area contributed by atoms with E-state index in [0.29, 0.717) is 42.5 Å². The molecular formula is C16H21ClN4O2. The monoisotopic (exact) mass is 336 g/mol. The first-order chi connectivity index (χ1) is 11.0. The van der Waals surface area contributed by atoms with Crippen LogP contribution in [0.5, 0.6) is 0 Å². The summed E-state index contributed by atoms with van der Waals surface area (Å²) in [5.74, 6) is 1.12. The average Bonchev–Trinajstić information content (AvgIpc) is 3.02. The number of nitrogens with two attached hydrogens (primary N) is 1. The van der Waals surface area contributed by atoms with E-state index in [4.69, 9.17) is 21.9 Å². The molecule has 2 aromatic rings. The van der Waals surface area contributed by atoms with Gasteiger partial charge in [-0.25, -0.2) is 0 Å². The van der Waals surface area contributed by atoms with Crippen LogP contribution in [0.4, 0.5) is 0 Å². The number of benzene rings is 1. The van der Waals surface area contributed by atoms with Crippen molar-refractivity contribution in [1.82, 2.24) is 15.0 Å². The second-order valence-corrected chi connectivity index (χ2v) is 5.90. The highest BCUT2D eigenvalue weighted by Crippen LogP contribution is 2.19. The normalized spacial score (nSPS) is 12.2. The molecule has 0 bridgehead atoms. The Kier molecular flexibility index (Phi) is 6.12. The number of likely N-dealkylation sites (N-methyl/N-ethyl adjacent to an activating group) is 1. The van der Waals surface area contributed by atoms with E-state index in [1.807, 2.05) is 19.1 Å². The molecular weight excluding hydrogens is 316 g/mol. The molecule has 0 aliphatic carbocycles. The zero-order valence-electron chi connectivity index (χ0n) is 13.3. The Morgan fingerprint density at radius 1 is 1.39 bits per heavy atom. The molecule has 23 heavy (non-hydrogen) atoms. The second-order valence-electron chi connectivity index (χ2n) is 5.46. The highest BCUT2D eigenvalue weighted by Gasteiger charge is 2.15. The minimum absolute atomic E-state index is 0.0439. The summed E-state index contributed by atoms with van der Waals surface area (Å²) in [5, 5.41) is 4.61. The molecule has 7 heteroatoms. The van der Waals surface area contributed by atoms with E-state index in [9.17, 15) is 4.79 Å². The Hall–Kier alpha value is -1.92. The van der Waals surface area contributed by atoms with Gasteiger partial charge in [-0.3, -0.25) is 4.79 Å². The predicted octanol–water partition coefficient (Wildman–Crippen LogP) is 2.52. The van der Waals surface area contributed by atoms with Gasteiger partial charge in [-0.05, 0) is 37.6 Å². The van der Waals surface area contributed by atoms with Gasteiger partial charge >= 0.3 is 0 Å². The molecule has 0 fully saturated rings. The van der Waals surface area contributed by atoms with Gasteiger partial charge in [0.1, 0.15) is 0 Å². The number of carbonyl (C=O) groups is 1. The summed E-state index contributed by atoms with van der Waals surface area (Å²) in [6.45, 7) is 2.38. The van der Waals surface area contributed by atoms with Gasteiger partial charge in [-0.1, -0.05) is 16.8 Å². The first-order valence-electron chi connectivity index (χ1n) is 7.55. The second kappa shape index (κ2) is 8.08. The zero-order chi connectivity index (χ0) is 16.8. The number of carbonyl (C=O) groups excluding carboxylic acids is 1. The molecule has 1 amide bonds. The van der Waals surface area contributed by atoms with E-state index in [0.717, 1.165) is 5.56 Å². The third-order valence-electron chi connectivity index (χ3n) is 3.75. The number of aryl methyl sites for hydroxylation is 1. The highest BCUT2D eigenvalue weighted by atomic mass is 35.5. The third kappa shape index (κ3) is 4.77. The highest BCUT2D eigenvalue weighted by molar-refractivity contribution is 6.30. The maximum atomic E-state index is 12.0. The summed E-state index contributed by atoms with van der Waals surface area (Å²) >= 11 is 5.85. The van der Waals surface area contributed by atoms with Crippen LogP contribution >= 0.6 is 11.6 Å². The summed E-state index contributed by atoms with van der Waals surface area (Å²) in [5.41, 5.74) is 6.41. The van der Waals surface area contributed by atoms with E-state index < -0.39 is 0 Å². The number of nitrogens with zero attached hydrogens (tertiary/aromatic N) is 3. The van der Waals surface area contributed by atoms with Crippen LogP contribution in [0.1, 0.15) is 25.7 Å². The molecule has 6 nitrogen and oxygen atoms in total. The van der Waals surface area contributed by atoms with E-state index in [-0.39, 0.29) is 11.9 Å². The molecule has 0 saturated heterocycles. The molecule has 1 heterocycles. The van der Waals surface area contributed by atoms with Crippen LogP contribution in [-0.4, -0.2) is 40.6 Å². The molecule has 2 rings (SSSR count). The Morgan fingerprint density at radius 2 is 2.09 bits per heavy atom. The molecule has 0 radical (unpaired) electrons. The quantitative estimate of drug-likeness (QED) is 0.839. The number of aromatic nitrogens is 2. The molecule has 0 aliphatic heterocycles. The number of hydrogen-bond acceptors (Lipinski definition) is 5. The number of halogens is 1. The number of rotatable bonds is 7. The van der Waals surface area contributed by atoms with Gasteiger partial charge < -0.3 is 15.2 Å². The molecule has 0 aliphatic rings. The van der Waals surface area contributed by atoms with Gasteiger partial charge in [0.2, 0.25) is 17.6 Å².